The van der Waals surface area contributed by atoms with Crippen LogP contribution in [0, 0.1) is 0 Å². The highest BCUT2D eigenvalue weighted by Gasteiger charge is 2.32. The van der Waals surface area contributed by atoms with Crippen LogP contribution in [-0.4, -0.2) is 30.1 Å². The maximum absolute atomic E-state index is 12.6. The van der Waals surface area contributed by atoms with E-state index < -0.39 is 11.7 Å². The average Bonchev–Trinajstić information content (AvgIpc) is 2.76. The Kier molecular flexibility index (Phi) is 6.55. The predicted octanol–water partition coefficient (Wildman–Crippen LogP) is 6.06. The first kappa shape index (κ1) is 22.7. The lowest BCUT2D eigenvalue weighted by Gasteiger charge is -2.41. The Morgan fingerprint density at radius 1 is 0.939 bits per heavy atom. The van der Waals surface area contributed by atoms with Gasteiger partial charge in [0.25, 0.3) is 0 Å². The Morgan fingerprint density at radius 2 is 1.55 bits per heavy atom. The van der Waals surface area contributed by atoms with Crippen LogP contribution >= 0.6 is 0 Å². The molecule has 1 saturated heterocycles. The molecule has 2 N–H and O–H groups in total. The summed E-state index contributed by atoms with van der Waals surface area (Å²) in [6.07, 6.45) is -4.40. The normalized spacial score (nSPS) is 15.0. The monoisotopic (exact) mass is 455 g/mol. The number of alkyl halides is 3. The second-order valence-corrected chi connectivity index (χ2v) is 7.98. The van der Waals surface area contributed by atoms with E-state index >= 15 is 0 Å². The third-order valence-electron chi connectivity index (χ3n) is 5.48. The molecule has 1 atom stereocenters. The molecule has 4 rings (SSSR count). The van der Waals surface area contributed by atoms with Gasteiger partial charge < -0.3 is 20.3 Å². The van der Waals surface area contributed by atoms with Crippen LogP contribution < -0.4 is 15.4 Å². The number of halogens is 3. The van der Waals surface area contributed by atoms with Crippen molar-refractivity contribution < 1.29 is 22.7 Å². The molecule has 1 unspecified atom stereocenters. The standard InChI is InChI=1S/C25H24F3N3O2/c1-17(18-7-13-23(14-8-18)33-22-5-3-2-4-6-22)29-21-15-31(16-21)24(32)30-20-11-9-19(10-12-20)25(26,27)28/h2-14,17,21,29H,15-16H2,1H3,(H,30,32). The average molecular weight is 455 g/mol. The zero-order valence-corrected chi connectivity index (χ0v) is 18.0. The molecule has 172 valence electrons. The molecule has 0 aliphatic carbocycles. The van der Waals surface area contributed by atoms with E-state index in [-0.39, 0.29) is 18.1 Å². The van der Waals surface area contributed by atoms with Gasteiger partial charge in [-0.2, -0.15) is 13.2 Å². The molecule has 0 aromatic heterocycles. The summed E-state index contributed by atoms with van der Waals surface area (Å²) in [5, 5.41) is 6.12. The zero-order valence-electron chi connectivity index (χ0n) is 18.0. The Labute approximate surface area is 190 Å². The van der Waals surface area contributed by atoms with Gasteiger partial charge in [0.15, 0.2) is 0 Å². The fourth-order valence-electron chi connectivity index (χ4n) is 3.59. The van der Waals surface area contributed by atoms with Crippen molar-refractivity contribution >= 4 is 11.7 Å². The van der Waals surface area contributed by atoms with Gasteiger partial charge in [0.2, 0.25) is 0 Å². The van der Waals surface area contributed by atoms with Gasteiger partial charge in [0.05, 0.1) is 5.56 Å². The molecule has 1 aliphatic heterocycles. The number of ether oxygens (including phenoxy) is 1. The molecule has 1 heterocycles. The van der Waals surface area contributed by atoms with E-state index in [9.17, 15) is 18.0 Å². The van der Waals surface area contributed by atoms with E-state index in [4.69, 9.17) is 4.74 Å². The van der Waals surface area contributed by atoms with Gasteiger partial charge in [0.1, 0.15) is 11.5 Å². The number of anilines is 1. The summed E-state index contributed by atoms with van der Waals surface area (Å²) >= 11 is 0. The highest BCUT2D eigenvalue weighted by Crippen LogP contribution is 2.30. The topological polar surface area (TPSA) is 53.6 Å². The predicted molar refractivity (Wildman–Crippen MR) is 120 cm³/mol. The molecule has 0 radical (unpaired) electrons. The van der Waals surface area contributed by atoms with Gasteiger partial charge in [-0.15, -0.1) is 0 Å². The summed E-state index contributed by atoms with van der Waals surface area (Å²) in [7, 11) is 0. The minimum Gasteiger partial charge on any atom is -0.457 e. The van der Waals surface area contributed by atoms with Crippen LogP contribution in [0.2, 0.25) is 0 Å². The summed E-state index contributed by atoms with van der Waals surface area (Å²) < 4.78 is 43.7. The molecule has 1 aliphatic rings. The number of carbonyl (C=O) groups excluding carboxylic acids is 1. The number of hydrogen-bond acceptors (Lipinski definition) is 3. The van der Waals surface area contributed by atoms with E-state index in [1.807, 2.05) is 54.6 Å². The van der Waals surface area contributed by atoms with E-state index in [0.29, 0.717) is 18.8 Å². The van der Waals surface area contributed by atoms with Crippen molar-refractivity contribution in [3.05, 3.63) is 90.0 Å². The van der Waals surface area contributed by atoms with Gasteiger partial charge in [-0.05, 0) is 61.0 Å². The second kappa shape index (κ2) is 9.54. The lowest BCUT2D eigenvalue weighted by molar-refractivity contribution is -0.137. The van der Waals surface area contributed by atoms with Crippen LogP contribution in [0.1, 0.15) is 24.1 Å². The third-order valence-corrected chi connectivity index (χ3v) is 5.48. The first-order chi connectivity index (χ1) is 15.8. The highest BCUT2D eigenvalue weighted by atomic mass is 19.4. The largest absolute Gasteiger partial charge is 0.457 e. The number of nitrogens with zero attached hydrogens (tertiary/aromatic N) is 1. The highest BCUT2D eigenvalue weighted by molar-refractivity contribution is 5.90. The number of likely N-dealkylation sites (tertiary alicyclic amines) is 1. The van der Waals surface area contributed by atoms with Crippen molar-refractivity contribution in [2.75, 3.05) is 18.4 Å². The summed E-state index contributed by atoms with van der Waals surface area (Å²) in [6, 6.07) is 21.7. The van der Waals surface area contributed by atoms with Gasteiger partial charge in [-0.1, -0.05) is 30.3 Å². The lowest BCUT2D eigenvalue weighted by Crippen LogP contribution is -2.61. The molecule has 0 spiro atoms. The Balaban J connectivity index is 1.22. The Bertz CT molecular complexity index is 1060. The fraction of sp³-hybridized carbons (Fsp3) is 0.240. The lowest BCUT2D eigenvalue weighted by atomic mass is 10.0. The van der Waals surface area contributed by atoms with Crippen LogP contribution in [0.5, 0.6) is 11.5 Å². The number of nitrogens with one attached hydrogen (secondary N) is 2. The Morgan fingerprint density at radius 3 is 2.15 bits per heavy atom. The summed E-state index contributed by atoms with van der Waals surface area (Å²) in [4.78, 5) is 13.9. The second-order valence-electron chi connectivity index (χ2n) is 7.98. The molecule has 2 amide bonds. The molecule has 3 aromatic rings. The van der Waals surface area contributed by atoms with Crippen molar-refractivity contribution in [3.63, 3.8) is 0 Å². The first-order valence-corrected chi connectivity index (χ1v) is 10.6. The molecule has 5 nitrogen and oxygen atoms in total. The van der Waals surface area contributed by atoms with Crippen molar-refractivity contribution in [2.24, 2.45) is 0 Å². The number of rotatable bonds is 6. The van der Waals surface area contributed by atoms with Crippen LogP contribution in [0.25, 0.3) is 0 Å². The Hall–Kier alpha value is -3.52. The zero-order chi connectivity index (χ0) is 23.4. The van der Waals surface area contributed by atoms with Crippen LogP contribution in [-0.2, 0) is 6.18 Å². The van der Waals surface area contributed by atoms with Crippen molar-refractivity contribution in [2.45, 2.75) is 25.2 Å². The van der Waals surface area contributed by atoms with Crippen molar-refractivity contribution in [3.8, 4) is 11.5 Å². The van der Waals surface area contributed by atoms with Crippen LogP contribution in [0.4, 0.5) is 23.7 Å². The van der Waals surface area contributed by atoms with Gasteiger partial charge in [-0.3, -0.25) is 0 Å². The van der Waals surface area contributed by atoms with E-state index in [1.165, 1.54) is 12.1 Å². The number of para-hydroxylation sites is 1. The van der Waals surface area contributed by atoms with Gasteiger partial charge >= 0.3 is 12.2 Å². The quantitative estimate of drug-likeness (QED) is 0.475. The maximum atomic E-state index is 12.6. The molecule has 1 fully saturated rings. The number of benzene rings is 3. The minimum atomic E-state index is -4.40. The van der Waals surface area contributed by atoms with Crippen molar-refractivity contribution in [1.82, 2.24) is 10.2 Å². The molecular formula is C25H24F3N3O2. The number of carbonyl (C=O) groups is 1. The minimum absolute atomic E-state index is 0.0842. The van der Waals surface area contributed by atoms with Crippen molar-refractivity contribution in [1.29, 1.82) is 0 Å². The molecule has 3 aromatic carbocycles. The summed E-state index contributed by atoms with van der Waals surface area (Å²) in [6.45, 7) is 3.09. The molecular weight excluding hydrogens is 431 g/mol. The van der Waals surface area contributed by atoms with Crippen LogP contribution in [0.3, 0.4) is 0 Å². The van der Waals surface area contributed by atoms with E-state index in [1.54, 1.807) is 4.90 Å². The van der Waals surface area contributed by atoms with Crippen LogP contribution in [0.15, 0.2) is 78.9 Å². The molecule has 33 heavy (non-hydrogen) atoms. The van der Waals surface area contributed by atoms with Gasteiger partial charge in [0, 0.05) is 30.9 Å². The summed E-state index contributed by atoms with van der Waals surface area (Å²) in [5.74, 6) is 1.53. The number of amides is 2. The molecule has 8 heteroatoms. The van der Waals surface area contributed by atoms with Gasteiger partial charge in [-0.25, -0.2) is 4.79 Å². The van der Waals surface area contributed by atoms with E-state index in [2.05, 4.69) is 17.6 Å². The maximum Gasteiger partial charge on any atom is 0.416 e. The molecule has 0 saturated carbocycles. The fourth-order valence-corrected chi connectivity index (χ4v) is 3.59. The van der Waals surface area contributed by atoms with E-state index in [0.717, 1.165) is 29.2 Å². The number of hydrogen-bond donors (Lipinski definition) is 2. The smallest absolute Gasteiger partial charge is 0.416 e. The first-order valence-electron chi connectivity index (χ1n) is 10.6. The molecule has 0 bridgehead atoms. The SMILES string of the molecule is CC(NC1CN(C(=O)Nc2ccc(C(F)(F)F)cc2)C1)c1ccc(Oc2ccccc2)cc1. The third kappa shape index (κ3) is 5.84. The number of urea groups is 1. The summed E-state index contributed by atoms with van der Waals surface area (Å²) in [5.41, 5.74) is 0.681.